The van der Waals surface area contributed by atoms with Crippen molar-refractivity contribution in [2.24, 2.45) is 5.92 Å². The van der Waals surface area contributed by atoms with Crippen molar-refractivity contribution in [3.05, 3.63) is 35.4 Å². The standard InChI is InChI=1S/C15H21NO2/c1-11-6-8-13(9-7-11)15(2,14(17)18)16-10-12-4-3-5-12/h6-9,12,16H,3-5,10H2,1-2H3,(H,17,18). The lowest BCUT2D eigenvalue weighted by Gasteiger charge is -2.32. The average Bonchev–Trinajstić information content (AvgIpc) is 2.27. The number of aryl methyl sites for hydroxylation is 1. The van der Waals surface area contributed by atoms with Crippen LogP contribution in [0.1, 0.15) is 37.3 Å². The van der Waals surface area contributed by atoms with E-state index in [0.717, 1.165) is 17.7 Å². The Morgan fingerprint density at radius 2 is 2.00 bits per heavy atom. The molecule has 98 valence electrons. The van der Waals surface area contributed by atoms with Gasteiger partial charge in [-0.15, -0.1) is 0 Å². The number of hydrogen-bond donors (Lipinski definition) is 2. The van der Waals surface area contributed by atoms with Crippen LogP contribution in [-0.2, 0) is 10.3 Å². The maximum atomic E-state index is 11.6. The largest absolute Gasteiger partial charge is 0.480 e. The summed E-state index contributed by atoms with van der Waals surface area (Å²) in [5, 5.41) is 12.7. The van der Waals surface area contributed by atoms with E-state index in [1.165, 1.54) is 19.3 Å². The van der Waals surface area contributed by atoms with Crippen molar-refractivity contribution < 1.29 is 9.90 Å². The van der Waals surface area contributed by atoms with Crippen molar-refractivity contribution in [3.8, 4) is 0 Å². The number of carboxylic acids is 1. The van der Waals surface area contributed by atoms with E-state index < -0.39 is 11.5 Å². The summed E-state index contributed by atoms with van der Waals surface area (Å²) in [4.78, 5) is 11.6. The first-order valence-corrected chi connectivity index (χ1v) is 6.58. The Bertz CT molecular complexity index is 423. The molecular weight excluding hydrogens is 226 g/mol. The van der Waals surface area contributed by atoms with Crippen molar-refractivity contribution in [2.45, 2.75) is 38.6 Å². The van der Waals surface area contributed by atoms with E-state index in [1.807, 2.05) is 31.2 Å². The molecule has 1 aromatic rings. The summed E-state index contributed by atoms with van der Waals surface area (Å²) in [6.07, 6.45) is 3.72. The Morgan fingerprint density at radius 3 is 2.44 bits per heavy atom. The van der Waals surface area contributed by atoms with Crippen LogP contribution >= 0.6 is 0 Å². The van der Waals surface area contributed by atoms with Crippen molar-refractivity contribution in [1.82, 2.24) is 5.32 Å². The number of benzene rings is 1. The summed E-state index contributed by atoms with van der Waals surface area (Å²) in [5.74, 6) is -0.167. The highest BCUT2D eigenvalue weighted by Crippen LogP contribution is 2.28. The lowest BCUT2D eigenvalue weighted by molar-refractivity contribution is -0.144. The monoisotopic (exact) mass is 247 g/mol. The fourth-order valence-corrected chi connectivity index (χ4v) is 2.23. The predicted octanol–water partition coefficient (Wildman–Crippen LogP) is 2.68. The van der Waals surface area contributed by atoms with Crippen LogP contribution in [0.5, 0.6) is 0 Å². The molecule has 0 radical (unpaired) electrons. The number of carbonyl (C=O) groups is 1. The summed E-state index contributed by atoms with van der Waals surface area (Å²) >= 11 is 0. The van der Waals surface area contributed by atoms with Gasteiger partial charge in [0.05, 0.1) is 0 Å². The van der Waals surface area contributed by atoms with Crippen LogP contribution in [0.2, 0.25) is 0 Å². The van der Waals surface area contributed by atoms with Crippen molar-refractivity contribution >= 4 is 5.97 Å². The molecule has 2 rings (SSSR count). The molecule has 0 bridgehead atoms. The van der Waals surface area contributed by atoms with Gasteiger partial charge in [-0.25, -0.2) is 4.79 Å². The summed E-state index contributed by atoms with van der Waals surface area (Å²) in [6, 6.07) is 7.72. The molecule has 0 heterocycles. The van der Waals surface area contributed by atoms with Gasteiger partial charge < -0.3 is 5.11 Å². The molecule has 0 aromatic heterocycles. The topological polar surface area (TPSA) is 49.3 Å². The molecule has 0 aliphatic heterocycles. The first-order chi connectivity index (χ1) is 8.52. The third-order valence-electron chi connectivity index (χ3n) is 4.03. The van der Waals surface area contributed by atoms with Gasteiger partial charge in [0, 0.05) is 0 Å². The van der Waals surface area contributed by atoms with Crippen LogP contribution in [0.15, 0.2) is 24.3 Å². The van der Waals surface area contributed by atoms with Crippen LogP contribution < -0.4 is 5.32 Å². The van der Waals surface area contributed by atoms with Gasteiger partial charge >= 0.3 is 5.97 Å². The third kappa shape index (κ3) is 2.56. The Labute approximate surface area is 108 Å². The second-order valence-electron chi connectivity index (χ2n) is 5.47. The SMILES string of the molecule is Cc1ccc(C(C)(NCC2CCC2)C(=O)O)cc1. The predicted molar refractivity (Wildman–Crippen MR) is 71.5 cm³/mol. The maximum absolute atomic E-state index is 11.6. The smallest absolute Gasteiger partial charge is 0.328 e. The van der Waals surface area contributed by atoms with Crippen LogP contribution in [0.4, 0.5) is 0 Å². The van der Waals surface area contributed by atoms with Crippen LogP contribution in [-0.4, -0.2) is 17.6 Å². The highest BCUT2D eigenvalue weighted by atomic mass is 16.4. The van der Waals surface area contributed by atoms with Gasteiger partial charge in [0.25, 0.3) is 0 Å². The van der Waals surface area contributed by atoms with E-state index in [-0.39, 0.29) is 0 Å². The molecule has 0 amide bonds. The molecule has 3 heteroatoms. The fourth-order valence-electron chi connectivity index (χ4n) is 2.23. The summed E-state index contributed by atoms with van der Waals surface area (Å²) in [5.41, 5.74) is 0.980. The molecule has 3 nitrogen and oxygen atoms in total. The van der Waals surface area contributed by atoms with Crippen LogP contribution in [0, 0.1) is 12.8 Å². The molecular formula is C15H21NO2. The minimum Gasteiger partial charge on any atom is -0.480 e. The second kappa shape index (κ2) is 5.11. The number of hydrogen-bond acceptors (Lipinski definition) is 2. The van der Waals surface area contributed by atoms with E-state index in [1.54, 1.807) is 6.92 Å². The number of carboxylic acid groups (broad SMARTS) is 1. The number of aliphatic carboxylic acids is 1. The quantitative estimate of drug-likeness (QED) is 0.841. The number of rotatable bonds is 5. The van der Waals surface area contributed by atoms with Gasteiger partial charge in [0.2, 0.25) is 0 Å². The highest BCUT2D eigenvalue weighted by Gasteiger charge is 2.35. The maximum Gasteiger partial charge on any atom is 0.328 e. The van der Waals surface area contributed by atoms with Crippen molar-refractivity contribution in [1.29, 1.82) is 0 Å². The van der Waals surface area contributed by atoms with Gasteiger partial charge in [0.1, 0.15) is 5.54 Å². The van der Waals surface area contributed by atoms with Gasteiger partial charge in [0.15, 0.2) is 0 Å². The lowest BCUT2D eigenvalue weighted by atomic mass is 9.84. The molecule has 18 heavy (non-hydrogen) atoms. The zero-order valence-corrected chi connectivity index (χ0v) is 11.1. The molecule has 2 N–H and O–H groups in total. The highest BCUT2D eigenvalue weighted by molar-refractivity contribution is 5.80. The van der Waals surface area contributed by atoms with E-state index in [9.17, 15) is 9.90 Å². The third-order valence-corrected chi connectivity index (χ3v) is 4.03. The Hall–Kier alpha value is -1.35. The van der Waals surface area contributed by atoms with Crippen molar-refractivity contribution in [2.75, 3.05) is 6.54 Å². The van der Waals surface area contributed by atoms with Gasteiger partial charge in [-0.05, 0) is 44.7 Å². The van der Waals surface area contributed by atoms with E-state index in [4.69, 9.17) is 0 Å². The fraction of sp³-hybridized carbons (Fsp3) is 0.533. The molecule has 1 fully saturated rings. The van der Waals surface area contributed by atoms with Gasteiger partial charge in [-0.3, -0.25) is 5.32 Å². The molecule has 0 saturated heterocycles. The molecule has 1 aromatic carbocycles. The number of nitrogens with one attached hydrogen (secondary N) is 1. The Kier molecular flexibility index (Phi) is 3.71. The van der Waals surface area contributed by atoms with Crippen LogP contribution in [0.3, 0.4) is 0 Å². The molecule has 1 saturated carbocycles. The average molecular weight is 247 g/mol. The summed E-state index contributed by atoms with van der Waals surface area (Å²) < 4.78 is 0. The zero-order valence-electron chi connectivity index (χ0n) is 11.1. The minimum atomic E-state index is -0.983. The molecule has 1 aliphatic rings. The van der Waals surface area contributed by atoms with E-state index >= 15 is 0 Å². The second-order valence-corrected chi connectivity index (χ2v) is 5.47. The van der Waals surface area contributed by atoms with Gasteiger partial charge in [-0.2, -0.15) is 0 Å². The molecule has 0 spiro atoms. The first-order valence-electron chi connectivity index (χ1n) is 6.58. The first kappa shape index (κ1) is 13.1. The van der Waals surface area contributed by atoms with Crippen LogP contribution in [0.25, 0.3) is 0 Å². The Balaban J connectivity index is 2.14. The van der Waals surface area contributed by atoms with E-state index in [2.05, 4.69) is 5.32 Å². The summed E-state index contributed by atoms with van der Waals surface area (Å²) in [7, 11) is 0. The normalized spacial score (nSPS) is 19.0. The molecule has 1 aliphatic carbocycles. The van der Waals surface area contributed by atoms with E-state index in [0.29, 0.717) is 5.92 Å². The summed E-state index contributed by atoms with van der Waals surface area (Å²) in [6.45, 7) is 4.54. The van der Waals surface area contributed by atoms with Gasteiger partial charge in [-0.1, -0.05) is 36.2 Å². The zero-order chi connectivity index (χ0) is 13.2. The molecule has 1 atom stereocenters. The molecule has 1 unspecified atom stereocenters. The Morgan fingerprint density at radius 1 is 1.39 bits per heavy atom. The minimum absolute atomic E-state index is 0.647. The lowest BCUT2D eigenvalue weighted by Crippen LogP contribution is -2.49. The van der Waals surface area contributed by atoms with Crippen molar-refractivity contribution in [3.63, 3.8) is 0 Å².